The molecule has 6 heteroatoms. The molecule has 1 N–H and O–H groups in total. The minimum atomic E-state index is -0.409. The van der Waals surface area contributed by atoms with Crippen LogP contribution in [0.3, 0.4) is 0 Å². The van der Waals surface area contributed by atoms with Gasteiger partial charge in [0.25, 0.3) is 0 Å². The third kappa shape index (κ3) is 5.11. The summed E-state index contributed by atoms with van der Waals surface area (Å²) in [5.74, 6) is 0.607. The maximum atomic E-state index is 12.1. The van der Waals surface area contributed by atoms with Gasteiger partial charge in [-0.2, -0.15) is 0 Å². The Kier molecular flexibility index (Phi) is 6.87. The number of hydrogen-bond donors (Lipinski definition) is 1. The zero-order chi connectivity index (χ0) is 17.5. The van der Waals surface area contributed by atoms with Crippen molar-refractivity contribution in [2.45, 2.75) is 12.7 Å². The van der Waals surface area contributed by atoms with Gasteiger partial charge in [0, 0.05) is 15.9 Å². The summed E-state index contributed by atoms with van der Waals surface area (Å²) in [5, 5.41) is 2.85. The van der Waals surface area contributed by atoms with Crippen LogP contribution in [0.4, 0.5) is 5.69 Å². The van der Waals surface area contributed by atoms with Gasteiger partial charge >= 0.3 is 5.97 Å². The summed E-state index contributed by atoms with van der Waals surface area (Å²) in [6.45, 7) is 1.79. The summed E-state index contributed by atoms with van der Waals surface area (Å²) in [7, 11) is 1.34. The predicted octanol–water partition coefficient (Wildman–Crippen LogP) is 4.42. The smallest absolute Gasteiger partial charge is 0.338 e. The first-order valence-electron chi connectivity index (χ1n) is 7.31. The molecule has 2 rings (SSSR count). The van der Waals surface area contributed by atoms with Crippen LogP contribution in [0.15, 0.2) is 46.9 Å². The summed E-state index contributed by atoms with van der Waals surface area (Å²) >= 11 is 4.94. The van der Waals surface area contributed by atoms with Crippen molar-refractivity contribution in [3.63, 3.8) is 0 Å². The Morgan fingerprint density at radius 1 is 1.17 bits per heavy atom. The number of methoxy groups -OCH3 is 1. The molecule has 0 saturated carbocycles. The van der Waals surface area contributed by atoms with E-state index in [1.807, 2.05) is 24.3 Å². The summed E-state index contributed by atoms with van der Waals surface area (Å²) in [6, 6.07) is 13.2. The molecule has 0 aliphatic heterocycles. The number of carbonyl (C=O) groups excluding carboxylic acids is 2. The highest BCUT2D eigenvalue weighted by Crippen LogP contribution is 2.21. The number of thioether (sulfide) groups is 1. The lowest BCUT2D eigenvalue weighted by atomic mass is 10.1. The molecule has 0 unspecified atom stereocenters. The zero-order valence-electron chi connectivity index (χ0n) is 13.5. The Bertz CT molecular complexity index is 732. The maximum absolute atomic E-state index is 12.1. The number of anilines is 1. The fourth-order valence-corrected chi connectivity index (χ4v) is 3.18. The molecular formula is C18H18BrNO3S. The molecule has 0 bridgehead atoms. The second kappa shape index (κ2) is 8.89. The van der Waals surface area contributed by atoms with Crippen molar-refractivity contribution < 1.29 is 14.3 Å². The highest BCUT2D eigenvalue weighted by Gasteiger charge is 2.13. The van der Waals surface area contributed by atoms with Crippen LogP contribution in [0.1, 0.15) is 21.5 Å². The largest absolute Gasteiger partial charge is 0.465 e. The SMILES string of the molecule is COC(=O)c1cccc(NC(=O)CSCc2ccc(Br)cc2)c1C. The van der Waals surface area contributed by atoms with Gasteiger partial charge in [0.1, 0.15) is 0 Å². The van der Waals surface area contributed by atoms with E-state index in [0.29, 0.717) is 22.6 Å². The number of nitrogens with one attached hydrogen (secondary N) is 1. The Labute approximate surface area is 154 Å². The normalized spacial score (nSPS) is 10.3. The molecule has 0 aliphatic rings. The van der Waals surface area contributed by atoms with Crippen LogP contribution in [0, 0.1) is 6.92 Å². The van der Waals surface area contributed by atoms with Gasteiger partial charge < -0.3 is 10.1 Å². The molecule has 0 atom stereocenters. The average Bonchev–Trinajstić information content (AvgIpc) is 2.58. The molecule has 0 fully saturated rings. The van der Waals surface area contributed by atoms with Gasteiger partial charge in [0.05, 0.1) is 18.4 Å². The van der Waals surface area contributed by atoms with Gasteiger partial charge in [-0.05, 0) is 42.3 Å². The van der Waals surface area contributed by atoms with Crippen LogP contribution in [0.25, 0.3) is 0 Å². The van der Waals surface area contributed by atoms with Gasteiger partial charge in [-0.1, -0.05) is 34.1 Å². The van der Waals surface area contributed by atoms with Crippen molar-refractivity contribution in [2.75, 3.05) is 18.2 Å². The molecule has 2 aromatic carbocycles. The van der Waals surface area contributed by atoms with Gasteiger partial charge in [-0.25, -0.2) is 4.79 Å². The van der Waals surface area contributed by atoms with E-state index in [9.17, 15) is 9.59 Å². The first kappa shape index (κ1) is 18.5. The van der Waals surface area contributed by atoms with E-state index in [1.165, 1.54) is 12.7 Å². The number of ether oxygens (including phenoxy) is 1. The van der Waals surface area contributed by atoms with Crippen molar-refractivity contribution in [1.82, 2.24) is 0 Å². The van der Waals surface area contributed by atoms with Crippen LogP contribution in [0.5, 0.6) is 0 Å². The van der Waals surface area contributed by atoms with E-state index in [4.69, 9.17) is 4.74 Å². The Hall–Kier alpha value is -1.79. The molecule has 0 saturated heterocycles. The van der Waals surface area contributed by atoms with E-state index in [1.54, 1.807) is 36.9 Å². The molecule has 0 radical (unpaired) electrons. The standard InChI is InChI=1S/C18H18BrNO3S/c1-12-15(18(22)23-2)4-3-5-16(12)20-17(21)11-24-10-13-6-8-14(19)9-7-13/h3-9H,10-11H2,1-2H3,(H,20,21). The molecule has 0 aromatic heterocycles. The van der Waals surface area contributed by atoms with E-state index in [2.05, 4.69) is 21.2 Å². The van der Waals surface area contributed by atoms with Crippen molar-refractivity contribution in [3.8, 4) is 0 Å². The number of amides is 1. The number of benzene rings is 2. The number of esters is 1. The number of carbonyl (C=O) groups is 2. The monoisotopic (exact) mass is 407 g/mol. The topological polar surface area (TPSA) is 55.4 Å². The fourth-order valence-electron chi connectivity index (χ4n) is 2.13. The second-order valence-electron chi connectivity index (χ2n) is 5.14. The molecule has 2 aromatic rings. The molecule has 0 heterocycles. The Balaban J connectivity index is 1.90. The number of rotatable bonds is 6. The minimum Gasteiger partial charge on any atom is -0.465 e. The quantitative estimate of drug-likeness (QED) is 0.720. The van der Waals surface area contributed by atoms with Crippen molar-refractivity contribution in [2.24, 2.45) is 0 Å². The number of halogens is 1. The van der Waals surface area contributed by atoms with E-state index in [0.717, 1.165) is 10.2 Å². The van der Waals surface area contributed by atoms with Crippen LogP contribution < -0.4 is 5.32 Å². The summed E-state index contributed by atoms with van der Waals surface area (Å²) in [6.07, 6.45) is 0. The third-order valence-corrected chi connectivity index (χ3v) is 4.96. The molecular weight excluding hydrogens is 390 g/mol. The highest BCUT2D eigenvalue weighted by atomic mass is 79.9. The van der Waals surface area contributed by atoms with Crippen LogP contribution >= 0.6 is 27.7 Å². The molecule has 1 amide bonds. The molecule has 0 aliphatic carbocycles. The summed E-state index contributed by atoms with van der Waals surface area (Å²) in [4.78, 5) is 23.8. The van der Waals surface area contributed by atoms with Crippen LogP contribution in [0.2, 0.25) is 0 Å². The zero-order valence-corrected chi connectivity index (χ0v) is 15.9. The van der Waals surface area contributed by atoms with Crippen molar-refractivity contribution >= 4 is 45.3 Å². The lowest BCUT2D eigenvalue weighted by Crippen LogP contribution is -2.16. The van der Waals surface area contributed by atoms with Crippen LogP contribution in [-0.4, -0.2) is 24.7 Å². The first-order chi connectivity index (χ1) is 11.5. The lowest BCUT2D eigenvalue weighted by molar-refractivity contribution is -0.113. The fraction of sp³-hybridized carbons (Fsp3) is 0.222. The molecule has 0 spiro atoms. The van der Waals surface area contributed by atoms with E-state index < -0.39 is 5.97 Å². The Morgan fingerprint density at radius 3 is 2.54 bits per heavy atom. The predicted molar refractivity (Wildman–Crippen MR) is 101 cm³/mol. The van der Waals surface area contributed by atoms with Crippen molar-refractivity contribution in [1.29, 1.82) is 0 Å². The van der Waals surface area contributed by atoms with E-state index >= 15 is 0 Å². The summed E-state index contributed by atoms with van der Waals surface area (Å²) < 4.78 is 5.78. The molecule has 24 heavy (non-hydrogen) atoms. The van der Waals surface area contributed by atoms with Gasteiger partial charge in [0.2, 0.25) is 5.91 Å². The number of hydrogen-bond acceptors (Lipinski definition) is 4. The van der Waals surface area contributed by atoms with Crippen LogP contribution in [-0.2, 0) is 15.3 Å². The van der Waals surface area contributed by atoms with Crippen molar-refractivity contribution in [3.05, 3.63) is 63.6 Å². The average molecular weight is 408 g/mol. The lowest BCUT2D eigenvalue weighted by Gasteiger charge is -2.11. The first-order valence-corrected chi connectivity index (χ1v) is 9.26. The Morgan fingerprint density at radius 2 is 1.88 bits per heavy atom. The van der Waals surface area contributed by atoms with Gasteiger partial charge in [-0.3, -0.25) is 4.79 Å². The van der Waals surface area contributed by atoms with E-state index in [-0.39, 0.29) is 5.91 Å². The third-order valence-electron chi connectivity index (χ3n) is 3.43. The highest BCUT2D eigenvalue weighted by molar-refractivity contribution is 9.10. The van der Waals surface area contributed by atoms with Gasteiger partial charge in [0.15, 0.2) is 0 Å². The molecule has 4 nitrogen and oxygen atoms in total. The summed E-state index contributed by atoms with van der Waals surface area (Å²) in [5.41, 5.74) is 2.96. The maximum Gasteiger partial charge on any atom is 0.338 e. The molecule has 126 valence electrons. The second-order valence-corrected chi connectivity index (χ2v) is 7.04. The van der Waals surface area contributed by atoms with Gasteiger partial charge in [-0.15, -0.1) is 11.8 Å². The minimum absolute atomic E-state index is 0.0952.